The van der Waals surface area contributed by atoms with Crippen LogP contribution in [0.5, 0.6) is 0 Å². The van der Waals surface area contributed by atoms with Crippen LogP contribution in [0.3, 0.4) is 0 Å². The minimum atomic E-state index is 0.627. The van der Waals surface area contributed by atoms with Crippen molar-refractivity contribution in [3.05, 3.63) is 40.0 Å². The van der Waals surface area contributed by atoms with Crippen LogP contribution < -0.4 is 0 Å². The van der Waals surface area contributed by atoms with Crippen LogP contribution in [-0.2, 0) is 17.8 Å². The molecule has 1 aromatic heterocycles. The number of hydrogen-bond donors (Lipinski definition) is 0. The molecule has 84 valence electrons. The molecule has 0 saturated carbocycles. The summed E-state index contributed by atoms with van der Waals surface area (Å²) in [5, 5.41) is 1.16. The van der Waals surface area contributed by atoms with Crippen molar-refractivity contribution in [2.24, 2.45) is 0 Å². The van der Waals surface area contributed by atoms with Crippen LogP contribution in [0, 0.1) is 0 Å². The van der Waals surface area contributed by atoms with Crippen LogP contribution in [0.15, 0.2) is 28.7 Å². The number of methoxy groups -OCH3 is 1. The van der Waals surface area contributed by atoms with Crippen LogP contribution >= 0.6 is 15.9 Å². The van der Waals surface area contributed by atoms with E-state index in [1.807, 2.05) is 12.1 Å². The average Bonchev–Trinajstić information content (AvgIpc) is 2.29. The van der Waals surface area contributed by atoms with Crippen LogP contribution in [0.25, 0.3) is 10.9 Å². The maximum Gasteiger partial charge on any atom is 0.0731 e. The van der Waals surface area contributed by atoms with Gasteiger partial charge in [-0.25, -0.2) is 0 Å². The fourth-order valence-electron chi connectivity index (χ4n) is 1.81. The van der Waals surface area contributed by atoms with E-state index in [2.05, 4.69) is 40.0 Å². The Morgan fingerprint density at radius 1 is 1.31 bits per heavy atom. The third-order valence-electron chi connectivity index (χ3n) is 2.58. The summed E-state index contributed by atoms with van der Waals surface area (Å²) in [7, 11) is 1.71. The molecule has 0 amide bonds. The van der Waals surface area contributed by atoms with E-state index in [9.17, 15) is 0 Å². The van der Waals surface area contributed by atoms with Crippen LogP contribution in [-0.4, -0.2) is 12.1 Å². The van der Waals surface area contributed by atoms with Gasteiger partial charge in [0.1, 0.15) is 0 Å². The van der Waals surface area contributed by atoms with Crippen molar-refractivity contribution < 1.29 is 4.74 Å². The van der Waals surface area contributed by atoms with Crippen LogP contribution in [0.2, 0.25) is 0 Å². The smallest absolute Gasteiger partial charge is 0.0731 e. The largest absolute Gasteiger partial charge is 0.380 e. The van der Waals surface area contributed by atoms with Crippen molar-refractivity contribution >= 4 is 26.8 Å². The van der Waals surface area contributed by atoms with E-state index in [1.54, 1.807) is 7.11 Å². The predicted octanol–water partition coefficient (Wildman–Crippen LogP) is 3.71. The molecular formula is C13H14BrNO. The second-order valence-electron chi connectivity index (χ2n) is 3.72. The lowest BCUT2D eigenvalue weighted by Gasteiger charge is -2.08. The van der Waals surface area contributed by atoms with E-state index in [1.165, 1.54) is 5.56 Å². The van der Waals surface area contributed by atoms with E-state index < -0.39 is 0 Å². The Morgan fingerprint density at radius 2 is 2.12 bits per heavy atom. The molecule has 1 aromatic carbocycles. The molecule has 3 heteroatoms. The van der Waals surface area contributed by atoms with Crippen LogP contribution in [0.1, 0.15) is 18.2 Å². The summed E-state index contributed by atoms with van der Waals surface area (Å²) < 4.78 is 6.26. The Morgan fingerprint density at radius 3 is 2.81 bits per heavy atom. The molecule has 0 unspecified atom stereocenters. The van der Waals surface area contributed by atoms with Gasteiger partial charge in [-0.2, -0.15) is 0 Å². The standard InChI is InChI=1S/C13H14BrNO/c1-3-12-10(8-16-2)6-9-4-5-11(14)7-13(9)15-12/h4-7H,3,8H2,1-2H3. The molecule has 1 heterocycles. The summed E-state index contributed by atoms with van der Waals surface area (Å²) in [6.07, 6.45) is 0.932. The fraction of sp³-hybridized carbons (Fsp3) is 0.308. The molecule has 0 bridgehead atoms. The number of ether oxygens (including phenoxy) is 1. The minimum absolute atomic E-state index is 0.627. The molecule has 0 fully saturated rings. The number of pyridine rings is 1. The third kappa shape index (κ3) is 2.25. The molecule has 0 aliphatic rings. The highest BCUT2D eigenvalue weighted by Gasteiger charge is 2.05. The maximum atomic E-state index is 5.19. The highest BCUT2D eigenvalue weighted by atomic mass is 79.9. The van der Waals surface area contributed by atoms with Crippen molar-refractivity contribution in [1.29, 1.82) is 0 Å². The zero-order valence-corrected chi connectivity index (χ0v) is 11.0. The molecule has 0 spiro atoms. The lowest BCUT2D eigenvalue weighted by atomic mass is 10.1. The summed E-state index contributed by atoms with van der Waals surface area (Å²) in [5.41, 5.74) is 3.33. The molecule has 2 aromatic rings. The van der Waals surface area contributed by atoms with Crippen LogP contribution in [0.4, 0.5) is 0 Å². The Bertz CT molecular complexity index is 511. The molecule has 16 heavy (non-hydrogen) atoms. The topological polar surface area (TPSA) is 22.1 Å². The Balaban J connectivity index is 2.60. The first-order chi connectivity index (χ1) is 7.74. The van der Waals surface area contributed by atoms with Crippen molar-refractivity contribution in [2.45, 2.75) is 20.0 Å². The van der Waals surface area contributed by atoms with E-state index in [4.69, 9.17) is 4.74 Å². The SMILES string of the molecule is CCc1nc2cc(Br)ccc2cc1COC. The van der Waals surface area contributed by atoms with E-state index >= 15 is 0 Å². The summed E-state index contributed by atoms with van der Waals surface area (Å²) in [4.78, 5) is 4.66. The molecule has 0 atom stereocenters. The van der Waals surface area contributed by atoms with Gasteiger partial charge in [0.25, 0.3) is 0 Å². The molecule has 2 rings (SSSR count). The first-order valence-corrected chi connectivity index (χ1v) is 6.11. The number of hydrogen-bond acceptors (Lipinski definition) is 2. The number of benzene rings is 1. The van der Waals surface area contributed by atoms with Crippen molar-refractivity contribution in [1.82, 2.24) is 4.98 Å². The normalized spacial score (nSPS) is 10.9. The number of fused-ring (bicyclic) bond motifs is 1. The summed E-state index contributed by atoms with van der Waals surface area (Å²) in [6, 6.07) is 8.32. The molecule has 2 nitrogen and oxygen atoms in total. The molecular weight excluding hydrogens is 266 g/mol. The third-order valence-corrected chi connectivity index (χ3v) is 3.08. The van der Waals surface area contributed by atoms with Crippen molar-refractivity contribution in [3.8, 4) is 0 Å². The summed E-state index contributed by atoms with van der Waals surface area (Å²) in [5.74, 6) is 0. The van der Waals surface area contributed by atoms with Gasteiger partial charge < -0.3 is 4.74 Å². The van der Waals surface area contributed by atoms with Crippen molar-refractivity contribution in [3.63, 3.8) is 0 Å². The van der Waals surface area contributed by atoms with Crippen molar-refractivity contribution in [2.75, 3.05) is 7.11 Å². The lowest BCUT2D eigenvalue weighted by Crippen LogP contribution is -1.98. The zero-order valence-electron chi connectivity index (χ0n) is 9.46. The number of aromatic nitrogens is 1. The van der Waals surface area contributed by atoms with Gasteiger partial charge in [0.05, 0.1) is 12.1 Å². The molecule has 0 aliphatic carbocycles. The Labute approximate surface area is 104 Å². The van der Waals surface area contributed by atoms with Gasteiger partial charge in [0.15, 0.2) is 0 Å². The zero-order chi connectivity index (χ0) is 11.5. The van der Waals surface area contributed by atoms with Gasteiger partial charge in [0.2, 0.25) is 0 Å². The molecule has 0 aliphatic heterocycles. The van der Waals surface area contributed by atoms with Gasteiger partial charge in [-0.05, 0) is 30.2 Å². The molecule has 0 saturated heterocycles. The van der Waals surface area contributed by atoms with E-state index in [-0.39, 0.29) is 0 Å². The minimum Gasteiger partial charge on any atom is -0.380 e. The number of nitrogens with zero attached hydrogens (tertiary/aromatic N) is 1. The Kier molecular flexibility index (Phi) is 3.56. The second kappa shape index (κ2) is 4.93. The number of aryl methyl sites for hydroxylation is 1. The summed E-state index contributed by atoms with van der Waals surface area (Å²) in [6.45, 7) is 2.74. The fourth-order valence-corrected chi connectivity index (χ4v) is 2.16. The highest BCUT2D eigenvalue weighted by Crippen LogP contribution is 2.21. The quantitative estimate of drug-likeness (QED) is 0.855. The first kappa shape index (κ1) is 11.6. The Hall–Kier alpha value is -0.930. The lowest BCUT2D eigenvalue weighted by molar-refractivity contribution is 0.184. The van der Waals surface area contributed by atoms with E-state index in [0.29, 0.717) is 6.61 Å². The summed E-state index contributed by atoms with van der Waals surface area (Å²) >= 11 is 3.46. The van der Waals surface area contributed by atoms with Gasteiger partial charge in [0, 0.05) is 22.7 Å². The highest BCUT2D eigenvalue weighted by molar-refractivity contribution is 9.10. The van der Waals surface area contributed by atoms with Gasteiger partial charge in [-0.15, -0.1) is 0 Å². The number of halogens is 1. The van der Waals surface area contributed by atoms with Gasteiger partial charge >= 0.3 is 0 Å². The van der Waals surface area contributed by atoms with E-state index in [0.717, 1.165) is 27.5 Å². The molecule has 0 radical (unpaired) electrons. The second-order valence-corrected chi connectivity index (χ2v) is 4.63. The van der Waals surface area contributed by atoms with Gasteiger partial charge in [-0.3, -0.25) is 4.98 Å². The monoisotopic (exact) mass is 279 g/mol. The number of rotatable bonds is 3. The van der Waals surface area contributed by atoms with Gasteiger partial charge in [-0.1, -0.05) is 28.9 Å². The maximum absolute atomic E-state index is 5.19. The molecule has 0 N–H and O–H groups in total. The first-order valence-electron chi connectivity index (χ1n) is 5.31. The predicted molar refractivity (Wildman–Crippen MR) is 69.5 cm³/mol. The average molecular weight is 280 g/mol.